The van der Waals surface area contributed by atoms with Crippen LogP contribution >= 0.6 is 0 Å². The fourth-order valence-corrected chi connectivity index (χ4v) is 2.55. The van der Waals surface area contributed by atoms with Gasteiger partial charge in [0.2, 0.25) is 0 Å². The highest BCUT2D eigenvalue weighted by molar-refractivity contribution is 5.63. The average Bonchev–Trinajstić information content (AvgIpc) is 3.29. The molecule has 1 N–H and O–H groups in total. The molecular formula is C17H22N4. The van der Waals surface area contributed by atoms with Crippen molar-refractivity contribution in [3.63, 3.8) is 0 Å². The van der Waals surface area contributed by atoms with Crippen LogP contribution in [0.5, 0.6) is 0 Å². The minimum atomic E-state index is 0.546. The Hall–Kier alpha value is -2.10. The van der Waals surface area contributed by atoms with E-state index in [9.17, 15) is 0 Å². The Morgan fingerprint density at radius 1 is 1.05 bits per heavy atom. The lowest BCUT2D eigenvalue weighted by molar-refractivity contribution is 0.916. The molecule has 110 valence electrons. The molecule has 0 amide bonds. The van der Waals surface area contributed by atoms with E-state index in [1.165, 1.54) is 24.0 Å². The largest absolute Gasteiger partial charge is 0.373 e. The Balaban J connectivity index is 1.99. The minimum absolute atomic E-state index is 0.546. The first-order chi connectivity index (χ1) is 10.1. The van der Waals surface area contributed by atoms with Crippen LogP contribution in [0.1, 0.15) is 35.7 Å². The number of aromatic nitrogens is 2. The van der Waals surface area contributed by atoms with Crippen molar-refractivity contribution in [2.24, 2.45) is 0 Å². The molecule has 0 radical (unpaired) electrons. The second-order valence-electron chi connectivity index (χ2n) is 5.90. The number of anilines is 3. The zero-order chi connectivity index (χ0) is 15.0. The molecule has 0 unspecified atom stereocenters. The van der Waals surface area contributed by atoms with Crippen molar-refractivity contribution in [2.45, 2.75) is 32.6 Å². The molecule has 0 spiro atoms. The second kappa shape index (κ2) is 5.35. The summed E-state index contributed by atoms with van der Waals surface area (Å²) in [4.78, 5) is 11.5. The predicted octanol–water partition coefficient (Wildman–Crippen LogP) is 3.78. The predicted molar refractivity (Wildman–Crippen MR) is 87.5 cm³/mol. The topological polar surface area (TPSA) is 41.0 Å². The molecule has 1 saturated carbocycles. The number of hydrogen-bond acceptors (Lipinski definition) is 4. The summed E-state index contributed by atoms with van der Waals surface area (Å²) in [6.45, 7) is 4.25. The number of hydrogen-bond donors (Lipinski definition) is 1. The summed E-state index contributed by atoms with van der Waals surface area (Å²) in [6, 6.07) is 8.56. The van der Waals surface area contributed by atoms with Gasteiger partial charge in [0.05, 0.1) is 0 Å². The smallest absolute Gasteiger partial charge is 0.138 e. The van der Waals surface area contributed by atoms with Gasteiger partial charge in [0.1, 0.15) is 17.5 Å². The summed E-state index contributed by atoms with van der Waals surface area (Å²) in [5, 5.41) is 3.14. The van der Waals surface area contributed by atoms with Gasteiger partial charge in [-0.15, -0.1) is 0 Å². The van der Waals surface area contributed by atoms with Gasteiger partial charge in [-0.1, -0.05) is 6.07 Å². The number of nitrogens with one attached hydrogen (secondary N) is 1. The van der Waals surface area contributed by atoms with E-state index in [1.54, 1.807) is 0 Å². The number of rotatable bonds is 4. The molecular weight excluding hydrogens is 260 g/mol. The standard InChI is InChI=1S/C17H22N4/c1-11-7-12(2)9-14(8-11)21(4)16-10-15(18-3)19-17(20-16)13-5-6-13/h7-10,13H,5-6H2,1-4H3,(H,18,19,20). The quantitative estimate of drug-likeness (QED) is 0.926. The van der Waals surface area contributed by atoms with Gasteiger partial charge in [-0.2, -0.15) is 0 Å². The summed E-state index contributed by atoms with van der Waals surface area (Å²) in [6.07, 6.45) is 2.42. The van der Waals surface area contributed by atoms with Crippen LogP contribution in [0, 0.1) is 13.8 Å². The maximum Gasteiger partial charge on any atom is 0.138 e. The molecule has 0 saturated heterocycles. The van der Waals surface area contributed by atoms with Crippen LogP contribution in [0.25, 0.3) is 0 Å². The lowest BCUT2D eigenvalue weighted by atomic mass is 10.1. The Morgan fingerprint density at radius 3 is 2.29 bits per heavy atom. The van der Waals surface area contributed by atoms with Crippen LogP contribution in [0.15, 0.2) is 24.3 Å². The Morgan fingerprint density at radius 2 is 1.71 bits per heavy atom. The lowest BCUT2D eigenvalue weighted by Crippen LogP contribution is -2.14. The summed E-state index contributed by atoms with van der Waals surface area (Å²) < 4.78 is 0. The van der Waals surface area contributed by atoms with Gasteiger partial charge in [-0.3, -0.25) is 0 Å². The van der Waals surface area contributed by atoms with Gasteiger partial charge in [-0.25, -0.2) is 9.97 Å². The van der Waals surface area contributed by atoms with Gasteiger partial charge in [-0.05, 0) is 49.9 Å². The van der Waals surface area contributed by atoms with Crippen molar-refractivity contribution in [1.82, 2.24) is 9.97 Å². The summed E-state index contributed by atoms with van der Waals surface area (Å²) in [5.74, 6) is 3.34. The highest BCUT2D eigenvalue weighted by Crippen LogP contribution is 2.39. The first-order valence-electron chi connectivity index (χ1n) is 7.45. The van der Waals surface area contributed by atoms with Crippen LogP contribution in [-0.4, -0.2) is 24.1 Å². The van der Waals surface area contributed by atoms with Crippen LogP contribution in [0.3, 0.4) is 0 Å². The normalized spacial score (nSPS) is 14.1. The maximum absolute atomic E-state index is 4.75. The van der Waals surface area contributed by atoms with Crippen molar-refractivity contribution in [2.75, 3.05) is 24.3 Å². The van der Waals surface area contributed by atoms with Gasteiger partial charge < -0.3 is 10.2 Å². The lowest BCUT2D eigenvalue weighted by Gasteiger charge is -2.21. The molecule has 0 aliphatic heterocycles. The summed E-state index contributed by atoms with van der Waals surface area (Å²) in [7, 11) is 3.96. The Labute approximate surface area is 126 Å². The first kappa shape index (κ1) is 13.9. The molecule has 3 rings (SSSR count). The minimum Gasteiger partial charge on any atom is -0.373 e. The maximum atomic E-state index is 4.75. The van der Waals surface area contributed by atoms with Crippen molar-refractivity contribution >= 4 is 17.3 Å². The van der Waals surface area contributed by atoms with Crippen LogP contribution < -0.4 is 10.2 Å². The van der Waals surface area contributed by atoms with Crippen molar-refractivity contribution in [3.05, 3.63) is 41.2 Å². The third-order valence-electron chi connectivity index (χ3n) is 3.87. The molecule has 1 aliphatic carbocycles. The molecule has 4 nitrogen and oxygen atoms in total. The van der Waals surface area contributed by atoms with Crippen molar-refractivity contribution < 1.29 is 0 Å². The summed E-state index contributed by atoms with van der Waals surface area (Å²) in [5.41, 5.74) is 3.69. The second-order valence-corrected chi connectivity index (χ2v) is 5.90. The van der Waals surface area contributed by atoms with E-state index < -0.39 is 0 Å². The molecule has 1 fully saturated rings. The number of aryl methyl sites for hydroxylation is 2. The number of nitrogens with zero attached hydrogens (tertiary/aromatic N) is 3. The van der Waals surface area contributed by atoms with Crippen molar-refractivity contribution in [3.8, 4) is 0 Å². The molecule has 1 aliphatic rings. The van der Waals surface area contributed by atoms with E-state index in [0.29, 0.717) is 5.92 Å². The molecule has 1 heterocycles. The average molecular weight is 282 g/mol. The van der Waals surface area contributed by atoms with Crippen LogP contribution in [-0.2, 0) is 0 Å². The molecule has 0 bridgehead atoms. The van der Waals surface area contributed by atoms with Crippen LogP contribution in [0.2, 0.25) is 0 Å². The molecule has 2 aromatic rings. The zero-order valence-corrected chi connectivity index (χ0v) is 13.1. The zero-order valence-electron chi connectivity index (χ0n) is 13.1. The monoisotopic (exact) mass is 282 g/mol. The van der Waals surface area contributed by atoms with Crippen molar-refractivity contribution in [1.29, 1.82) is 0 Å². The SMILES string of the molecule is CNc1cc(N(C)c2cc(C)cc(C)c2)nc(C2CC2)n1. The van der Waals surface area contributed by atoms with Crippen LogP contribution in [0.4, 0.5) is 17.3 Å². The fraction of sp³-hybridized carbons (Fsp3) is 0.412. The van der Waals surface area contributed by atoms with Gasteiger partial charge in [0.15, 0.2) is 0 Å². The van der Waals surface area contributed by atoms with E-state index in [1.807, 2.05) is 13.1 Å². The number of benzene rings is 1. The first-order valence-corrected chi connectivity index (χ1v) is 7.45. The third-order valence-corrected chi connectivity index (χ3v) is 3.87. The molecule has 4 heteroatoms. The highest BCUT2D eigenvalue weighted by atomic mass is 15.2. The Kier molecular flexibility index (Phi) is 3.53. The van der Waals surface area contributed by atoms with E-state index in [-0.39, 0.29) is 0 Å². The highest BCUT2D eigenvalue weighted by Gasteiger charge is 2.27. The van der Waals surface area contributed by atoms with E-state index in [4.69, 9.17) is 4.98 Å². The van der Waals surface area contributed by atoms with Gasteiger partial charge in [0.25, 0.3) is 0 Å². The van der Waals surface area contributed by atoms with E-state index in [0.717, 1.165) is 23.1 Å². The fourth-order valence-electron chi connectivity index (χ4n) is 2.55. The van der Waals surface area contributed by atoms with Gasteiger partial charge >= 0.3 is 0 Å². The summed E-state index contributed by atoms with van der Waals surface area (Å²) >= 11 is 0. The van der Waals surface area contributed by atoms with E-state index >= 15 is 0 Å². The molecule has 21 heavy (non-hydrogen) atoms. The third kappa shape index (κ3) is 2.99. The molecule has 0 atom stereocenters. The van der Waals surface area contributed by atoms with Gasteiger partial charge in [0, 0.05) is 31.8 Å². The molecule has 1 aromatic heterocycles. The molecule has 1 aromatic carbocycles. The van der Waals surface area contributed by atoms with E-state index in [2.05, 4.69) is 54.3 Å². The Bertz CT molecular complexity index is 642.